The lowest BCUT2D eigenvalue weighted by Gasteiger charge is -2.34. The van der Waals surface area contributed by atoms with Gasteiger partial charge in [-0.15, -0.1) is 0 Å². The highest BCUT2D eigenvalue weighted by atomic mass is 16.5. The fourth-order valence-electron chi connectivity index (χ4n) is 3.25. The fraction of sp³-hybridized carbons (Fsp3) is 0.600. The highest BCUT2D eigenvalue weighted by molar-refractivity contribution is 6.27. The van der Waals surface area contributed by atoms with E-state index in [1.165, 1.54) is 19.5 Å². The number of likely N-dealkylation sites (tertiary alicyclic amines) is 1. The number of hydrogen-bond acceptors (Lipinski definition) is 5. The standard InChI is InChI=1S/C18H29NO2.C2H2O4/c1-4-20-17-6-8-18(9-7-17)21-11-5-10-19-13-15(2)12-16(3)14-19;3-1(4)2(5)6/h6-9,15-16H,4-5,10-14H2,1-3H3;(H,3,4)(H,5,6). The predicted octanol–water partition coefficient (Wildman–Crippen LogP) is 2.99. The van der Waals surface area contributed by atoms with E-state index >= 15 is 0 Å². The molecule has 1 fully saturated rings. The maximum Gasteiger partial charge on any atom is 0.414 e. The molecular formula is C20H31NO6. The van der Waals surface area contributed by atoms with Gasteiger partial charge in [0.1, 0.15) is 11.5 Å². The summed E-state index contributed by atoms with van der Waals surface area (Å²) in [6.07, 6.45) is 2.46. The first kappa shape index (κ1) is 22.8. The van der Waals surface area contributed by atoms with Crippen molar-refractivity contribution in [2.45, 2.75) is 33.6 Å². The van der Waals surface area contributed by atoms with Crippen molar-refractivity contribution in [3.63, 3.8) is 0 Å². The number of aliphatic carboxylic acids is 2. The van der Waals surface area contributed by atoms with E-state index in [0.29, 0.717) is 6.61 Å². The monoisotopic (exact) mass is 381 g/mol. The summed E-state index contributed by atoms with van der Waals surface area (Å²) in [7, 11) is 0. The van der Waals surface area contributed by atoms with E-state index < -0.39 is 11.9 Å². The van der Waals surface area contributed by atoms with Crippen LogP contribution in [0.1, 0.15) is 33.6 Å². The summed E-state index contributed by atoms with van der Waals surface area (Å²) in [5.74, 6) is -0.147. The summed E-state index contributed by atoms with van der Waals surface area (Å²) in [5, 5.41) is 14.8. The summed E-state index contributed by atoms with van der Waals surface area (Å²) in [6.45, 7) is 11.8. The minimum absolute atomic E-state index is 0.701. The van der Waals surface area contributed by atoms with Crippen molar-refractivity contribution in [3.8, 4) is 11.5 Å². The molecule has 2 atom stereocenters. The molecule has 1 aliphatic rings. The Morgan fingerprint density at radius 3 is 1.93 bits per heavy atom. The average Bonchev–Trinajstić information content (AvgIpc) is 2.60. The third kappa shape index (κ3) is 9.84. The largest absolute Gasteiger partial charge is 0.494 e. The fourth-order valence-corrected chi connectivity index (χ4v) is 3.25. The number of carboxylic acid groups (broad SMARTS) is 2. The van der Waals surface area contributed by atoms with Crippen molar-refractivity contribution in [1.82, 2.24) is 4.90 Å². The Hall–Kier alpha value is -2.28. The molecule has 27 heavy (non-hydrogen) atoms. The second-order valence-electron chi connectivity index (χ2n) is 6.92. The van der Waals surface area contributed by atoms with Crippen molar-refractivity contribution in [2.75, 3.05) is 32.8 Å². The number of nitrogens with zero attached hydrogens (tertiary/aromatic N) is 1. The van der Waals surface area contributed by atoms with E-state index in [9.17, 15) is 0 Å². The van der Waals surface area contributed by atoms with Crippen molar-refractivity contribution >= 4 is 11.9 Å². The first-order valence-electron chi connectivity index (χ1n) is 9.36. The lowest BCUT2D eigenvalue weighted by Crippen LogP contribution is -2.39. The molecule has 0 aromatic heterocycles. The van der Waals surface area contributed by atoms with Crippen molar-refractivity contribution in [3.05, 3.63) is 24.3 Å². The van der Waals surface area contributed by atoms with Crippen LogP contribution < -0.4 is 9.47 Å². The highest BCUT2D eigenvalue weighted by Crippen LogP contribution is 2.21. The van der Waals surface area contributed by atoms with Crippen LogP contribution in [0.15, 0.2) is 24.3 Å². The smallest absolute Gasteiger partial charge is 0.414 e. The molecule has 2 rings (SSSR count). The van der Waals surface area contributed by atoms with Gasteiger partial charge >= 0.3 is 11.9 Å². The molecule has 1 saturated heterocycles. The molecule has 152 valence electrons. The van der Waals surface area contributed by atoms with Gasteiger partial charge in [0.2, 0.25) is 0 Å². The van der Waals surface area contributed by atoms with Crippen molar-refractivity contribution < 1.29 is 29.3 Å². The van der Waals surface area contributed by atoms with Gasteiger partial charge in [-0.2, -0.15) is 0 Å². The molecule has 0 bridgehead atoms. The summed E-state index contributed by atoms with van der Waals surface area (Å²) in [5.41, 5.74) is 0. The Kier molecular flexibility index (Phi) is 10.3. The van der Waals surface area contributed by atoms with Crippen LogP contribution in [0, 0.1) is 11.8 Å². The van der Waals surface area contributed by atoms with Gasteiger partial charge in [-0.1, -0.05) is 13.8 Å². The average molecular weight is 381 g/mol. The Balaban J connectivity index is 0.000000527. The summed E-state index contributed by atoms with van der Waals surface area (Å²) >= 11 is 0. The van der Waals surface area contributed by atoms with Crippen molar-refractivity contribution in [1.29, 1.82) is 0 Å². The zero-order valence-corrected chi connectivity index (χ0v) is 16.4. The second kappa shape index (κ2) is 12.2. The van der Waals surface area contributed by atoms with Crippen LogP contribution >= 0.6 is 0 Å². The maximum absolute atomic E-state index is 9.10. The number of hydrogen-bond donors (Lipinski definition) is 2. The normalized spacial score (nSPS) is 19.5. The molecule has 0 amide bonds. The molecule has 0 radical (unpaired) electrons. The second-order valence-corrected chi connectivity index (χ2v) is 6.92. The van der Waals surface area contributed by atoms with Gasteiger partial charge in [-0.25, -0.2) is 9.59 Å². The summed E-state index contributed by atoms with van der Waals surface area (Å²) in [6, 6.07) is 7.89. The summed E-state index contributed by atoms with van der Waals surface area (Å²) < 4.78 is 11.2. The predicted molar refractivity (Wildman–Crippen MR) is 102 cm³/mol. The molecule has 1 heterocycles. The van der Waals surface area contributed by atoms with Gasteiger partial charge < -0.3 is 24.6 Å². The van der Waals surface area contributed by atoms with Crippen LogP contribution in [0.25, 0.3) is 0 Å². The van der Waals surface area contributed by atoms with Crippen LogP contribution in [-0.4, -0.2) is 59.9 Å². The molecule has 2 unspecified atom stereocenters. The Bertz CT molecular complexity index is 552. The zero-order chi connectivity index (χ0) is 20.2. The third-order valence-corrected chi connectivity index (χ3v) is 4.15. The zero-order valence-electron chi connectivity index (χ0n) is 16.4. The number of ether oxygens (including phenoxy) is 2. The van der Waals surface area contributed by atoms with Gasteiger partial charge in [0.25, 0.3) is 0 Å². The molecule has 0 aliphatic carbocycles. The number of carboxylic acids is 2. The Labute approximate surface area is 160 Å². The van der Waals surface area contributed by atoms with Crippen LogP contribution in [0.5, 0.6) is 11.5 Å². The number of carbonyl (C=O) groups is 2. The van der Waals surface area contributed by atoms with Gasteiger partial charge in [-0.3, -0.25) is 0 Å². The maximum atomic E-state index is 9.10. The highest BCUT2D eigenvalue weighted by Gasteiger charge is 2.20. The van der Waals surface area contributed by atoms with E-state index in [-0.39, 0.29) is 0 Å². The molecule has 0 spiro atoms. The van der Waals surface area contributed by atoms with Gasteiger partial charge in [0.15, 0.2) is 0 Å². The van der Waals surface area contributed by atoms with Gasteiger partial charge in [0.05, 0.1) is 13.2 Å². The molecule has 7 nitrogen and oxygen atoms in total. The van der Waals surface area contributed by atoms with Gasteiger partial charge in [0, 0.05) is 19.6 Å². The topological polar surface area (TPSA) is 96.3 Å². The number of rotatable bonds is 7. The molecule has 1 aromatic rings. The number of benzene rings is 1. The Morgan fingerprint density at radius 1 is 1.00 bits per heavy atom. The van der Waals surface area contributed by atoms with Crippen LogP contribution in [0.4, 0.5) is 0 Å². The van der Waals surface area contributed by atoms with E-state index in [1.807, 2.05) is 31.2 Å². The molecule has 1 aromatic carbocycles. The van der Waals surface area contributed by atoms with Crippen LogP contribution in [0.2, 0.25) is 0 Å². The lowest BCUT2D eigenvalue weighted by molar-refractivity contribution is -0.159. The SMILES string of the molecule is CCOc1ccc(OCCCN2CC(C)CC(C)C2)cc1.O=C(O)C(=O)O. The summed E-state index contributed by atoms with van der Waals surface area (Å²) in [4.78, 5) is 20.8. The third-order valence-electron chi connectivity index (χ3n) is 4.15. The van der Waals surface area contributed by atoms with Gasteiger partial charge in [-0.05, 0) is 55.9 Å². The quantitative estimate of drug-likeness (QED) is 0.553. The first-order chi connectivity index (χ1) is 12.8. The molecule has 2 N–H and O–H groups in total. The van der Waals surface area contributed by atoms with E-state index in [2.05, 4.69) is 18.7 Å². The van der Waals surface area contributed by atoms with Crippen molar-refractivity contribution in [2.24, 2.45) is 11.8 Å². The van der Waals surface area contributed by atoms with Crippen LogP contribution in [-0.2, 0) is 9.59 Å². The number of piperidine rings is 1. The Morgan fingerprint density at radius 2 is 1.48 bits per heavy atom. The minimum Gasteiger partial charge on any atom is -0.494 e. The molecular weight excluding hydrogens is 350 g/mol. The molecule has 1 aliphatic heterocycles. The minimum atomic E-state index is -1.82. The van der Waals surface area contributed by atoms with E-state index in [4.69, 9.17) is 29.3 Å². The van der Waals surface area contributed by atoms with E-state index in [1.54, 1.807) is 0 Å². The van der Waals surface area contributed by atoms with Crippen LogP contribution in [0.3, 0.4) is 0 Å². The molecule has 0 saturated carbocycles. The lowest BCUT2D eigenvalue weighted by atomic mass is 9.92. The molecule has 7 heteroatoms. The first-order valence-corrected chi connectivity index (χ1v) is 9.36. The van der Waals surface area contributed by atoms with E-state index in [0.717, 1.165) is 42.9 Å².